The molecule has 0 saturated heterocycles. The lowest BCUT2D eigenvalue weighted by atomic mass is 10.0. The Morgan fingerprint density at radius 1 is 0.914 bits per heavy atom. The number of hydrogen-bond donors (Lipinski definition) is 1. The lowest BCUT2D eigenvalue weighted by Crippen LogP contribution is -2.51. The van der Waals surface area contributed by atoms with E-state index in [1.165, 1.54) is 0 Å². The van der Waals surface area contributed by atoms with Gasteiger partial charge < -0.3 is 15.0 Å². The van der Waals surface area contributed by atoms with E-state index < -0.39 is 6.04 Å². The number of unbranched alkanes of at least 4 members (excludes halogenated alkanes) is 1. The van der Waals surface area contributed by atoms with Crippen molar-refractivity contribution in [2.24, 2.45) is 0 Å². The standard InChI is InChI=1S/C29H33BrN2O3/c1-3-4-18-31-29(34)27(19-22-8-6-5-7-9-22)32(21-24-10-14-25(30)15-11-24)28(33)20-23-12-16-26(35-2)17-13-23/h5-17,27H,3-4,18-21H2,1-2H3,(H,31,34)/t27-/m0/s1. The number of halogens is 1. The smallest absolute Gasteiger partial charge is 0.243 e. The fourth-order valence-electron chi connectivity index (χ4n) is 3.87. The molecule has 3 rings (SSSR count). The second-order valence-electron chi connectivity index (χ2n) is 8.52. The number of carbonyl (C=O) groups excluding carboxylic acids is 2. The van der Waals surface area contributed by atoms with Crippen molar-refractivity contribution in [2.45, 2.75) is 45.2 Å². The lowest BCUT2D eigenvalue weighted by molar-refractivity contribution is -0.140. The van der Waals surface area contributed by atoms with Crippen LogP contribution in [0.15, 0.2) is 83.3 Å². The Labute approximate surface area is 216 Å². The van der Waals surface area contributed by atoms with Crippen LogP contribution in [0.2, 0.25) is 0 Å². The molecular formula is C29H33BrN2O3. The van der Waals surface area contributed by atoms with Crippen molar-refractivity contribution in [3.8, 4) is 5.75 Å². The molecule has 1 N–H and O–H groups in total. The molecule has 184 valence electrons. The third-order valence-corrected chi connectivity index (χ3v) is 6.41. The van der Waals surface area contributed by atoms with Crippen molar-refractivity contribution >= 4 is 27.7 Å². The summed E-state index contributed by atoms with van der Waals surface area (Å²) >= 11 is 3.47. The molecule has 0 saturated carbocycles. The molecule has 35 heavy (non-hydrogen) atoms. The second-order valence-corrected chi connectivity index (χ2v) is 9.44. The molecule has 0 radical (unpaired) electrons. The van der Waals surface area contributed by atoms with E-state index in [0.29, 0.717) is 19.5 Å². The third kappa shape index (κ3) is 8.25. The van der Waals surface area contributed by atoms with Crippen molar-refractivity contribution in [2.75, 3.05) is 13.7 Å². The highest BCUT2D eigenvalue weighted by Crippen LogP contribution is 2.19. The zero-order chi connectivity index (χ0) is 25.0. The summed E-state index contributed by atoms with van der Waals surface area (Å²) < 4.78 is 6.21. The van der Waals surface area contributed by atoms with Crippen LogP contribution in [0.4, 0.5) is 0 Å². The Morgan fingerprint density at radius 3 is 2.20 bits per heavy atom. The van der Waals surface area contributed by atoms with Gasteiger partial charge in [-0.2, -0.15) is 0 Å². The topological polar surface area (TPSA) is 58.6 Å². The van der Waals surface area contributed by atoms with E-state index in [9.17, 15) is 9.59 Å². The molecular weight excluding hydrogens is 504 g/mol. The Bertz CT molecular complexity index is 1070. The van der Waals surface area contributed by atoms with E-state index >= 15 is 0 Å². The Hall–Kier alpha value is -3.12. The summed E-state index contributed by atoms with van der Waals surface area (Å²) in [5.41, 5.74) is 2.86. The Morgan fingerprint density at radius 2 is 1.57 bits per heavy atom. The molecule has 3 aromatic carbocycles. The number of methoxy groups -OCH3 is 1. The Kier molecular flexibility index (Phi) is 10.4. The molecule has 0 heterocycles. The van der Waals surface area contributed by atoms with Gasteiger partial charge in [0.1, 0.15) is 11.8 Å². The molecule has 6 heteroatoms. The lowest BCUT2D eigenvalue weighted by Gasteiger charge is -2.32. The minimum Gasteiger partial charge on any atom is -0.497 e. The predicted molar refractivity (Wildman–Crippen MR) is 143 cm³/mol. The van der Waals surface area contributed by atoms with Crippen LogP contribution in [0.5, 0.6) is 5.75 Å². The fraction of sp³-hybridized carbons (Fsp3) is 0.310. The summed E-state index contributed by atoms with van der Waals surface area (Å²) in [7, 11) is 1.62. The Balaban J connectivity index is 1.91. The number of benzene rings is 3. The van der Waals surface area contributed by atoms with E-state index in [1.807, 2.05) is 78.9 Å². The number of hydrogen-bond acceptors (Lipinski definition) is 3. The fourth-order valence-corrected chi connectivity index (χ4v) is 4.13. The van der Waals surface area contributed by atoms with Gasteiger partial charge in [0.05, 0.1) is 13.5 Å². The number of rotatable bonds is 12. The molecule has 0 fully saturated rings. The third-order valence-electron chi connectivity index (χ3n) is 5.88. The van der Waals surface area contributed by atoms with Gasteiger partial charge in [-0.15, -0.1) is 0 Å². The largest absolute Gasteiger partial charge is 0.497 e. The number of amides is 2. The summed E-state index contributed by atoms with van der Waals surface area (Å²) in [6.07, 6.45) is 2.54. The van der Waals surface area contributed by atoms with Crippen LogP contribution < -0.4 is 10.1 Å². The van der Waals surface area contributed by atoms with Crippen LogP contribution in [-0.2, 0) is 29.0 Å². The average molecular weight is 537 g/mol. The highest BCUT2D eigenvalue weighted by molar-refractivity contribution is 9.10. The van der Waals surface area contributed by atoms with E-state index in [4.69, 9.17) is 4.74 Å². The quantitative estimate of drug-likeness (QED) is 0.308. The summed E-state index contributed by atoms with van der Waals surface area (Å²) in [4.78, 5) is 28.9. The van der Waals surface area contributed by atoms with Gasteiger partial charge in [-0.05, 0) is 47.4 Å². The van der Waals surface area contributed by atoms with Gasteiger partial charge in [-0.3, -0.25) is 9.59 Å². The van der Waals surface area contributed by atoms with Gasteiger partial charge in [-0.1, -0.05) is 83.9 Å². The van der Waals surface area contributed by atoms with Crippen molar-refractivity contribution in [3.05, 3.63) is 100 Å². The first-order valence-electron chi connectivity index (χ1n) is 12.0. The molecule has 0 bridgehead atoms. The number of nitrogens with zero attached hydrogens (tertiary/aromatic N) is 1. The van der Waals surface area contributed by atoms with Gasteiger partial charge in [-0.25, -0.2) is 0 Å². The SMILES string of the molecule is CCCCNC(=O)[C@H](Cc1ccccc1)N(Cc1ccc(Br)cc1)C(=O)Cc1ccc(OC)cc1. The molecule has 3 aromatic rings. The summed E-state index contributed by atoms with van der Waals surface area (Å²) in [5, 5.41) is 3.06. The van der Waals surface area contributed by atoms with Crippen LogP contribution in [0.1, 0.15) is 36.5 Å². The minimum absolute atomic E-state index is 0.0929. The monoisotopic (exact) mass is 536 g/mol. The highest BCUT2D eigenvalue weighted by Gasteiger charge is 2.30. The van der Waals surface area contributed by atoms with Crippen molar-refractivity contribution in [3.63, 3.8) is 0 Å². The first-order valence-corrected chi connectivity index (χ1v) is 12.8. The summed E-state index contributed by atoms with van der Waals surface area (Å²) in [6, 6.07) is 24.6. The zero-order valence-corrected chi connectivity index (χ0v) is 22.0. The zero-order valence-electron chi connectivity index (χ0n) is 20.4. The molecule has 0 spiro atoms. The number of nitrogens with one attached hydrogen (secondary N) is 1. The molecule has 1 atom stereocenters. The van der Waals surface area contributed by atoms with Gasteiger partial charge in [0.25, 0.3) is 0 Å². The summed E-state index contributed by atoms with van der Waals surface area (Å²) in [5.74, 6) is 0.525. The van der Waals surface area contributed by atoms with Crippen LogP contribution >= 0.6 is 15.9 Å². The van der Waals surface area contributed by atoms with Crippen molar-refractivity contribution in [1.29, 1.82) is 0 Å². The van der Waals surface area contributed by atoms with E-state index in [1.54, 1.807) is 12.0 Å². The number of ether oxygens (including phenoxy) is 1. The maximum absolute atomic E-state index is 13.7. The summed E-state index contributed by atoms with van der Waals surface area (Å²) in [6.45, 7) is 3.03. The first-order chi connectivity index (χ1) is 17.0. The molecule has 0 aromatic heterocycles. The van der Waals surface area contributed by atoms with Crippen LogP contribution in [0.3, 0.4) is 0 Å². The van der Waals surface area contributed by atoms with Crippen LogP contribution in [0, 0.1) is 0 Å². The predicted octanol–water partition coefficient (Wildman–Crippen LogP) is 5.56. The second kappa shape index (κ2) is 13.7. The minimum atomic E-state index is -0.622. The van der Waals surface area contributed by atoms with E-state index in [-0.39, 0.29) is 18.2 Å². The van der Waals surface area contributed by atoms with Gasteiger partial charge in [0.15, 0.2) is 0 Å². The maximum Gasteiger partial charge on any atom is 0.243 e. The molecule has 0 unspecified atom stereocenters. The van der Waals surface area contributed by atoms with E-state index in [0.717, 1.165) is 39.8 Å². The van der Waals surface area contributed by atoms with Gasteiger partial charge in [0, 0.05) is 24.0 Å². The molecule has 0 aliphatic carbocycles. The van der Waals surface area contributed by atoms with Crippen molar-refractivity contribution < 1.29 is 14.3 Å². The molecule has 0 aliphatic rings. The van der Waals surface area contributed by atoms with Crippen molar-refractivity contribution in [1.82, 2.24) is 10.2 Å². The molecule has 2 amide bonds. The van der Waals surface area contributed by atoms with Gasteiger partial charge in [0.2, 0.25) is 11.8 Å². The highest BCUT2D eigenvalue weighted by atomic mass is 79.9. The van der Waals surface area contributed by atoms with Crippen LogP contribution in [0.25, 0.3) is 0 Å². The van der Waals surface area contributed by atoms with E-state index in [2.05, 4.69) is 28.2 Å². The maximum atomic E-state index is 13.7. The molecule has 0 aliphatic heterocycles. The first kappa shape index (κ1) is 26.5. The number of carbonyl (C=O) groups is 2. The molecule has 5 nitrogen and oxygen atoms in total. The normalized spacial score (nSPS) is 11.5. The average Bonchev–Trinajstić information content (AvgIpc) is 2.88. The van der Waals surface area contributed by atoms with Crippen LogP contribution in [-0.4, -0.2) is 36.4 Å². The van der Waals surface area contributed by atoms with Gasteiger partial charge >= 0.3 is 0 Å².